The first-order valence-electron chi connectivity index (χ1n) is 6.22. The van der Waals surface area contributed by atoms with Crippen LogP contribution >= 0.6 is 0 Å². The molecule has 0 saturated carbocycles. The molecule has 5 nitrogen and oxygen atoms in total. The van der Waals surface area contributed by atoms with Crippen LogP contribution in [0.4, 0.5) is 0 Å². The summed E-state index contributed by atoms with van der Waals surface area (Å²) in [5.74, 6) is -1.02. The Morgan fingerprint density at radius 3 is 2.47 bits per heavy atom. The number of aromatic amines is 2. The molecule has 1 aromatic carbocycles. The number of hydrogen-bond acceptors (Lipinski definition) is 2. The van der Waals surface area contributed by atoms with E-state index in [9.17, 15) is 9.59 Å². The molecule has 1 aromatic heterocycles. The van der Waals surface area contributed by atoms with Gasteiger partial charge in [0, 0.05) is 0 Å². The Kier molecular flexibility index (Phi) is 3.85. The molecule has 5 heteroatoms. The molecule has 0 aliphatic heterocycles. The van der Waals surface area contributed by atoms with Crippen molar-refractivity contribution in [3.8, 4) is 11.3 Å². The Morgan fingerprint density at radius 2 is 1.89 bits per heavy atom. The molecule has 1 heterocycles. The zero-order chi connectivity index (χ0) is 13.8. The van der Waals surface area contributed by atoms with Gasteiger partial charge in [0.25, 0.3) is 5.56 Å². The van der Waals surface area contributed by atoms with Crippen LogP contribution in [0.3, 0.4) is 0 Å². The summed E-state index contributed by atoms with van der Waals surface area (Å²) >= 11 is 0. The van der Waals surface area contributed by atoms with Crippen molar-refractivity contribution in [1.82, 2.24) is 10.2 Å². The molecule has 0 spiro atoms. The molecule has 0 bridgehead atoms. The van der Waals surface area contributed by atoms with E-state index in [1.54, 1.807) is 0 Å². The molecular formula is C14H16N2O3. The second-order valence-electron chi connectivity index (χ2n) is 4.45. The van der Waals surface area contributed by atoms with Gasteiger partial charge in [-0.15, -0.1) is 0 Å². The molecule has 0 aliphatic carbocycles. The molecular weight excluding hydrogens is 244 g/mol. The van der Waals surface area contributed by atoms with Crippen molar-refractivity contribution in [2.24, 2.45) is 0 Å². The molecule has 0 atom stereocenters. The molecule has 0 amide bonds. The van der Waals surface area contributed by atoms with Crippen LogP contribution in [0.25, 0.3) is 11.3 Å². The number of H-pyrrole nitrogens is 2. The van der Waals surface area contributed by atoms with Crippen LogP contribution in [-0.4, -0.2) is 21.3 Å². The smallest absolute Gasteiger partial charge is 0.308 e. The second kappa shape index (κ2) is 5.56. The van der Waals surface area contributed by atoms with Gasteiger partial charge >= 0.3 is 5.97 Å². The number of aliphatic carboxylic acids is 1. The number of aryl methyl sites for hydroxylation is 1. The summed E-state index contributed by atoms with van der Waals surface area (Å²) in [6, 6.07) is 7.79. The number of aromatic nitrogens is 2. The Labute approximate surface area is 110 Å². The van der Waals surface area contributed by atoms with Gasteiger partial charge in [-0.1, -0.05) is 37.6 Å². The van der Waals surface area contributed by atoms with Crippen LogP contribution in [-0.2, 0) is 17.6 Å². The van der Waals surface area contributed by atoms with Crippen molar-refractivity contribution in [2.75, 3.05) is 0 Å². The van der Waals surface area contributed by atoms with Gasteiger partial charge in [-0.2, -0.15) is 0 Å². The highest BCUT2D eigenvalue weighted by Crippen LogP contribution is 2.20. The van der Waals surface area contributed by atoms with E-state index in [0.29, 0.717) is 5.69 Å². The molecule has 0 radical (unpaired) electrons. The molecule has 2 aromatic rings. The third kappa shape index (κ3) is 2.93. The highest BCUT2D eigenvalue weighted by atomic mass is 16.4. The van der Waals surface area contributed by atoms with E-state index in [-0.39, 0.29) is 17.5 Å². The summed E-state index contributed by atoms with van der Waals surface area (Å²) in [5, 5.41) is 14.0. The van der Waals surface area contributed by atoms with Crippen molar-refractivity contribution in [3.63, 3.8) is 0 Å². The maximum Gasteiger partial charge on any atom is 0.308 e. The highest BCUT2D eigenvalue weighted by Gasteiger charge is 2.14. The number of hydrogen-bond donors (Lipinski definition) is 3. The molecule has 0 unspecified atom stereocenters. The van der Waals surface area contributed by atoms with Crippen LogP contribution in [0.1, 0.15) is 24.5 Å². The normalized spacial score (nSPS) is 10.6. The van der Waals surface area contributed by atoms with E-state index in [4.69, 9.17) is 5.11 Å². The predicted molar refractivity (Wildman–Crippen MR) is 72.2 cm³/mol. The molecule has 2 rings (SSSR count). The van der Waals surface area contributed by atoms with Gasteiger partial charge in [-0.3, -0.25) is 19.8 Å². The van der Waals surface area contributed by atoms with Crippen molar-refractivity contribution in [1.29, 1.82) is 0 Å². The Bertz CT molecular complexity index is 623. The Morgan fingerprint density at radius 1 is 1.21 bits per heavy atom. The van der Waals surface area contributed by atoms with Gasteiger partial charge in [0.15, 0.2) is 0 Å². The zero-order valence-corrected chi connectivity index (χ0v) is 10.7. The summed E-state index contributed by atoms with van der Waals surface area (Å²) in [6.07, 6.45) is 1.79. The largest absolute Gasteiger partial charge is 0.481 e. The lowest BCUT2D eigenvalue weighted by Crippen LogP contribution is -2.11. The monoisotopic (exact) mass is 260 g/mol. The number of rotatable bonds is 5. The number of carboxylic acids is 1. The van der Waals surface area contributed by atoms with E-state index in [1.807, 2.05) is 24.3 Å². The van der Waals surface area contributed by atoms with Gasteiger partial charge in [0.2, 0.25) is 0 Å². The standard InChI is InChI=1S/C14H16N2O3/c1-2-3-9-4-6-10(7-5-9)13-11(8-12(17)18)14(19)16-15-13/h4-7H,2-3,8H2,1H3,(H,17,18)(H2,15,16,19). The zero-order valence-electron chi connectivity index (χ0n) is 10.7. The van der Waals surface area contributed by atoms with Crippen molar-refractivity contribution in [2.45, 2.75) is 26.2 Å². The van der Waals surface area contributed by atoms with Crippen LogP contribution < -0.4 is 5.56 Å². The minimum absolute atomic E-state index is 0.260. The van der Waals surface area contributed by atoms with E-state index in [1.165, 1.54) is 5.56 Å². The van der Waals surface area contributed by atoms with E-state index < -0.39 is 5.97 Å². The first-order chi connectivity index (χ1) is 9.11. The van der Waals surface area contributed by atoms with Crippen molar-refractivity contribution >= 4 is 5.97 Å². The molecule has 3 N–H and O–H groups in total. The molecule has 100 valence electrons. The van der Waals surface area contributed by atoms with Crippen LogP contribution in [0.15, 0.2) is 29.1 Å². The fourth-order valence-electron chi connectivity index (χ4n) is 2.08. The summed E-state index contributed by atoms with van der Waals surface area (Å²) in [7, 11) is 0. The van der Waals surface area contributed by atoms with E-state index in [2.05, 4.69) is 17.1 Å². The maximum atomic E-state index is 11.6. The quantitative estimate of drug-likeness (QED) is 0.768. The summed E-state index contributed by atoms with van der Waals surface area (Å²) in [5.41, 5.74) is 2.47. The average molecular weight is 260 g/mol. The molecule has 0 saturated heterocycles. The lowest BCUT2D eigenvalue weighted by Gasteiger charge is -2.03. The topological polar surface area (TPSA) is 86.0 Å². The minimum Gasteiger partial charge on any atom is -0.481 e. The summed E-state index contributed by atoms with van der Waals surface area (Å²) in [6.45, 7) is 2.11. The fraction of sp³-hybridized carbons (Fsp3) is 0.286. The lowest BCUT2D eigenvalue weighted by atomic mass is 10.0. The molecule has 19 heavy (non-hydrogen) atoms. The Balaban J connectivity index is 2.36. The molecule has 0 aliphatic rings. The fourth-order valence-corrected chi connectivity index (χ4v) is 2.08. The predicted octanol–water partition coefficient (Wildman–Crippen LogP) is 1.95. The van der Waals surface area contributed by atoms with Crippen molar-refractivity contribution < 1.29 is 9.90 Å². The first-order valence-corrected chi connectivity index (χ1v) is 6.22. The number of carbonyl (C=O) groups is 1. The SMILES string of the molecule is CCCc1ccc(-c2[nH][nH]c(=O)c2CC(=O)O)cc1. The summed E-state index contributed by atoms with van der Waals surface area (Å²) in [4.78, 5) is 22.3. The highest BCUT2D eigenvalue weighted by molar-refractivity contribution is 5.74. The third-order valence-electron chi connectivity index (χ3n) is 2.99. The Hall–Kier alpha value is -2.30. The van der Waals surface area contributed by atoms with Gasteiger partial charge in [-0.05, 0) is 17.5 Å². The van der Waals surface area contributed by atoms with E-state index >= 15 is 0 Å². The van der Waals surface area contributed by atoms with Crippen molar-refractivity contribution in [3.05, 3.63) is 45.7 Å². The van der Waals surface area contributed by atoms with Gasteiger partial charge in [-0.25, -0.2) is 0 Å². The third-order valence-corrected chi connectivity index (χ3v) is 2.99. The number of carboxylic acid groups (broad SMARTS) is 1. The first kappa shape index (κ1) is 13.1. The van der Waals surface area contributed by atoms with Crippen LogP contribution in [0.5, 0.6) is 0 Å². The molecule has 0 fully saturated rings. The van der Waals surface area contributed by atoms with E-state index in [0.717, 1.165) is 18.4 Å². The maximum absolute atomic E-state index is 11.6. The minimum atomic E-state index is -1.02. The lowest BCUT2D eigenvalue weighted by molar-refractivity contribution is -0.136. The van der Waals surface area contributed by atoms with Crippen LogP contribution in [0, 0.1) is 0 Å². The number of nitrogens with one attached hydrogen (secondary N) is 2. The van der Waals surface area contributed by atoms with Gasteiger partial charge < -0.3 is 5.11 Å². The van der Waals surface area contributed by atoms with Gasteiger partial charge in [0.1, 0.15) is 0 Å². The number of benzene rings is 1. The van der Waals surface area contributed by atoms with Gasteiger partial charge in [0.05, 0.1) is 17.7 Å². The summed E-state index contributed by atoms with van der Waals surface area (Å²) < 4.78 is 0. The van der Waals surface area contributed by atoms with Crippen LogP contribution in [0.2, 0.25) is 0 Å². The average Bonchev–Trinajstić information content (AvgIpc) is 2.72. The second-order valence-corrected chi connectivity index (χ2v) is 4.45.